The summed E-state index contributed by atoms with van der Waals surface area (Å²) in [6, 6.07) is 6.83. The van der Waals surface area contributed by atoms with Crippen molar-refractivity contribution in [2.75, 3.05) is 0 Å². The zero-order valence-corrected chi connectivity index (χ0v) is 17.3. The van der Waals surface area contributed by atoms with Gasteiger partial charge in [0.05, 0.1) is 0 Å². The molecule has 0 spiro atoms. The Balaban J connectivity index is 0.00000392. The maximum absolute atomic E-state index is 12.6. The second-order valence-corrected chi connectivity index (χ2v) is 7.93. The van der Waals surface area contributed by atoms with Crippen molar-refractivity contribution in [2.24, 2.45) is 17.6 Å². The molecule has 6 nitrogen and oxygen atoms in total. The van der Waals surface area contributed by atoms with Crippen LogP contribution in [-0.2, 0) is 4.79 Å². The number of carboxylic acid groups (broad SMARTS) is 1. The molecule has 1 aliphatic rings. The molecule has 0 heterocycles. The highest BCUT2D eigenvalue weighted by Crippen LogP contribution is 2.38. The van der Waals surface area contributed by atoms with E-state index in [0.29, 0.717) is 49.1 Å². The largest absolute Gasteiger partial charge is 0.480 e. The molecular formula is C19H28BCl2NO5. The Hall–Kier alpha value is -1.12. The van der Waals surface area contributed by atoms with Gasteiger partial charge in [-0.15, -0.1) is 12.4 Å². The molecule has 0 aliphatic heterocycles. The molecule has 1 aromatic rings. The van der Waals surface area contributed by atoms with E-state index in [9.17, 15) is 14.7 Å². The maximum atomic E-state index is 12.6. The van der Waals surface area contributed by atoms with Crippen molar-refractivity contribution < 1.29 is 24.7 Å². The Morgan fingerprint density at radius 2 is 1.68 bits per heavy atom. The first-order chi connectivity index (χ1) is 12.7. The van der Waals surface area contributed by atoms with Crippen molar-refractivity contribution in [3.05, 3.63) is 34.9 Å². The normalized spacial score (nSPS) is 21.3. The number of ketones is 1. The lowest BCUT2D eigenvalue weighted by atomic mass is 9.68. The van der Waals surface area contributed by atoms with Gasteiger partial charge in [-0.3, -0.25) is 9.59 Å². The van der Waals surface area contributed by atoms with Crippen LogP contribution in [0.4, 0.5) is 0 Å². The third-order valence-electron chi connectivity index (χ3n) is 5.66. The van der Waals surface area contributed by atoms with E-state index in [1.165, 1.54) is 0 Å². The van der Waals surface area contributed by atoms with Gasteiger partial charge in [-0.2, -0.15) is 0 Å². The van der Waals surface area contributed by atoms with Gasteiger partial charge in [-0.1, -0.05) is 24.4 Å². The third-order valence-corrected chi connectivity index (χ3v) is 5.91. The molecule has 28 heavy (non-hydrogen) atoms. The monoisotopic (exact) mass is 431 g/mol. The van der Waals surface area contributed by atoms with E-state index in [2.05, 4.69) is 0 Å². The second-order valence-electron chi connectivity index (χ2n) is 7.49. The van der Waals surface area contributed by atoms with Gasteiger partial charge in [0.1, 0.15) is 5.54 Å². The van der Waals surface area contributed by atoms with Gasteiger partial charge >= 0.3 is 13.1 Å². The van der Waals surface area contributed by atoms with Crippen molar-refractivity contribution in [2.45, 2.75) is 56.8 Å². The van der Waals surface area contributed by atoms with E-state index < -0.39 is 18.6 Å². The summed E-state index contributed by atoms with van der Waals surface area (Å²) in [6.45, 7) is 0. The lowest BCUT2D eigenvalue weighted by Gasteiger charge is -2.38. The van der Waals surface area contributed by atoms with Gasteiger partial charge < -0.3 is 20.9 Å². The number of halogens is 2. The van der Waals surface area contributed by atoms with Crippen LogP contribution in [0.1, 0.15) is 55.3 Å². The van der Waals surface area contributed by atoms with E-state index in [1.807, 2.05) is 0 Å². The van der Waals surface area contributed by atoms with Crippen LogP contribution < -0.4 is 5.73 Å². The highest BCUT2D eigenvalue weighted by Gasteiger charge is 2.44. The average molecular weight is 432 g/mol. The van der Waals surface area contributed by atoms with E-state index in [1.54, 1.807) is 24.3 Å². The number of carboxylic acids is 1. The number of carbonyl (C=O) groups excluding carboxylic acids is 1. The summed E-state index contributed by atoms with van der Waals surface area (Å²) in [4.78, 5) is 24.5. The van der Waals surface area contributed by atoms with E-state index >= 15 is 0 Å². The summed E-state index contributed by atoms with van der Waals surface area (Å²) < 4.78 is 0. The van der Waals surface area contributed by atoms with Crippen molar-refractivity contribution in [1.29, 1.82) is 0 Å². The Labute approximate surface area is 177 Å². The van der Waals surface area contributed by atoms with Gasteiger partial charge in [0.2, 0.25) is 0 Å². The first-order valence-corrected chi connectivity index (χ1v) is 9.80. The molecule has 0 aromatic heterocycles. The quantitative estimate of drug-likeness (QED) is 0.270. The number of Topliss-reactive ketones (excluding diaryl/α,β-unsaturated/α-hetero) is 1. The Bertz CT molecular complexity index is 650. The van der Waals surface area contributed by atoms with E-state index in [4.69, 9.17) is 27.4 Å². The van der Waals surface area contributed by atoms with Crippen LogP contribution in [0.25, 0.3) is 0 Å². The highest BCUT2D eigenvalue weighted by atomic mass is 35.5. The first kappa shape index (κ1) is 24.9. The molecule has 0 radical (unpaired) electrons. The number of carbonyl (C=O) groups is 2. The van der Waals surface area contributed by atoms with Gasteiger partial charge in [0, 0.05) is 16.5 Å². The molecule has 5 N–H and O–H groups in total. The fourth-order valence-corrected chi connectivity index (χ4v) is 4.08. The predicted octanol–water partition coefficient (Wildman–Crippen LogP) is 3.18. The van der Waals surface area contributed by atoms with Crippen LogP contribution in [0.2, 0.25) is 11.3 Å². The van der Waals surface area contributed by atoms with Gasteiger partial charge in [0.15, 0.2) is 5.78 Å². The molecule has 1 fully saturated rings. The van der Waals surface area contributed by atoms with Crippen molar-refractivity contribution in [3.63, 3.8) is 0 Å². The molecule has 1 unspecified atom stereocenters. The zero-order chi connectivity index (χ0) is 20.0. The van der Waals surface area contributed by atoms with Crippen LogP contribution >= 0.6 is 24.0 Å². The van der Waals surface area contributed by atoms with Crippen LogP contribution in [0, 0.1) is 11.8 Å². The van der Waals surface area contributed by atoms with E-state index in [-0.39, 0.29) is 42.8 Å². The minimum absolute atomic E-state index is 0. The molecule has 9 heteroatoms. The summed E-state index contributed by atoms with van der Waals surface area (Å²) in [7, 11) is -1.38. The van der Waals surface area contributed by atoms with Crippen molar-refractivity contribution in [1.82, 2.24) is 0 Å². The fourth-order valence-electron chi connectivity index (χ4n) is 3.95. The van der Waals surface area contributed by atoms with Crippen LogP contribution in [0.5, 0.6) is 0 Å². The minimum Gasteiger partial charge on any atom is -0.480 e. The molecule has 0 amide bonds. The SMILES string of the molecule is Cl.NC(CCCCB(O)O)(C(=O)O)C1CCC(C(=O)c2ccc(Cl)cc2)CC1. The topological polar surface area (TPSA) is 121 Å². The van der Waals surface area contributed by atoms with Crippen LogP contribution in [0.3, 0.4) is 0 Å². The van der Waals surface area contributed by atoms with Crippen molar-refractivity contribution >= 4 is 42.9 Å². The minimum atomic E-state index is -1.38. The first-order valence-electron chi connectivity index (χ1n) is 9.42. The highest BCUT2D eigenvalue weighted by molar-refractivity contribution is 6.40. The Morgan fingerprint density at radius 3 is 2.18 bits per heavy atom. The maximum Gasteiger partial charge on any atom is 0.451 e. The summed E-state index contributed by atoms with van der Waals surface area (Å²) in [5.41, 5.74) is 5.55. The summed E-state index contributed by atoms with van der Waals surface area (Å²) >= 11 is 5.86. The lowest BCUT2D eigenvalue weighted by molar-refractivity contribution is -0.146. The van der Waals surface area contributed by atoms with Gasteiger partial charge in [0.25, 0.3) is 0 Å². The van der Waals surface area contributed by atoms with E-state index in [0.717, 1.165) is 0 Å². The summed E-state index contributed by atoms with van der Waals surface area (Å²) in [6.07, 6.45) is 3.94. The molecule has 156 valence electrons. The second kappa shape index (κ2) is 11.2. The number of aliphatic carboxylic acids is 1. The third kappa shape index (κ3) is 6.46. The number of nitrogens with two attached hydrogens (primary N) is 1. The average Bonchev–Trinajstić information content (AvgIpc) is 2.65. The van der Waals surface area contributed by atoms with Crippen molar-refractivity contribution in [3.8, 4) is 0 Å². The predicted molar refractivity (Wildman–Crippen MR) is 112 cm³/mol. The van der Waals surface area contributed by atoms with Crippen LogP contribution in [0.15, 0.2) is 24.3 Å². The number of rotatable bonds is 9. The molecule has 1 atom stereocenters. The molecule has 1 aromatic carbocycles. The van der Waals surface area contributed by atoms with Crippen LogP contribution in [-0.4, -0.2) is 39.6 Å². The summed E-state index contributed by atoms with van der Waals surface area (Å²) in [5.74, 6) is -1.27. The lowest BCUT2D eigenvalue weighted by Crippen LogP contribution is -2.55. The molecule has 1 aliphatic carbocycles. The van der Waals surface area contributed by atoms with Gasteiger partial charge in [-0.25, -0.2) is 0 Å². The number of hydrogen-bond acceptors (Lipinski definition) is 5. The molecule has 2 rings (SSSR count). The fraction of sp³-hybridized carbons (Fsp3) is 0.579. The standard InChI is InChI=1S/C19H27BClNO5.ClH/c21-16-9-5-14(6-10-16)17(23)13-3-7-15(8-4-13)19(22,18(24)25)11-1-2-12-20(26)27;/h5-6,9-10,13,15,26-27H,1-4,7-8,11-12,22H2,(H,24,25);1H. The zero-order valence-electron chi connectivity index (χ0n) is 15.7. The molecule has 0 bridgehead atoms. The molecular weight excluding hydrogens is 404 g/mol. The Kier molecular flexibility index (Phi) is 9.94. The Morgan fingerprint density at radius 1 is 1.11 bits per heavy atom. The smallest absolute Gasteiger partial charge is 0.451 e. The number of hydrogen-bond donors (Lipinski definition) is 4. The van der Waals surface area contributed by atoms with Gasteiger partial charge in [-0.05, 0) is 68.6 Å². The molecule has 1 saturated carbocycles. The molecule has 0 saturated heterocycles. The summed E-state index contributed by atoms with van der Waals surface area (Å²) in [5, 5.41) is 28.0. The number of benzene rings is 1. The number of unbranched alkanes of at least 4 members (excludes halogenated alkanes) is 1.